The minimum absolute atomic E-state index is 0.0947. The summed E-state index contributed by atoms with van der Waals surface area (Å²) in [5, 5.41) is 7.10. The minimum Gasteiger partial charge on any atom is -0.492 e. The van der Waals surface area contributed by atoms with Crippen LogP contribution in [0.4, 0.5) is 5.69 Å². The smallest absolute Gasteiger partial charge is 0.328 e. The van der Waals surface area contributed by atoms with Gasteiger partial charge in [0, 0.05) is 23.7 Å². The lowest BCUT2D eigenvalue weighted by Gasteiger charge is -2.09. The maximum absolute atomic E-state index is 12.6. The SMILES string of the molecule is CC(=O)NCCOc1ccc(NC(=O)c2c[nH]c(=O)n(Cc3cccs3)c2=O)cc1. The summed E-state index contributed by atoms with van der Waals surface area (Å²) in [6.45, 7) is 2.22. The molecule has 0 unspecified atom stereocenters. The molecule has 0 saturated heterocycles. The van der Waals surface area contributed by atoms with E-state index in [4.69, 9.17) is 4.74 Å². The number of hydrogen-bond acceptors (Lipinski definition) is 6. The Hall–Kier alpha value is -3.66. The van der Waals surface area contributed by atoms with Gasteiger partial charge in [0.05, 0.1) is 13.1 Å². The van der Waals surface area contributed by atoms with Crippen molar-refractivity contribution >= 4 is 28.8 Å². The van der Waals surface area contributed by atoms with Gasteiger partial charge in [-0.05, 0) is 35.7 Å². The van der Waals surface area contributed by atoms with E-state index >= 15 is 0 Å². The van der Waals surface area contributed by atoms with Crippen LogP contribution in [-0.4, -0.2) is 34.5 Å². The highest BCUT2D eigenvalue weighted by Gasteiger charge is 2.15. The summed E-state index contributed by atoms with van der Waals surface area (Å²) in [4.78, 5) is 51.3. The largest absolute Gasteiger partial charge is 0.492 e. The number of carbonyl (C=O) groups is 2. The number of thiophene rings is 1. The summed E-state index contributed by atoms with van der Waals surface area (Å²) in [7, 11) is 0. The summed E-state index contributed by atoms with van der Waals surface area (Å²) >= 11 is 1.42. The van der Waals surface area contributed by atoms with E-state index in [1.165, 1.54) is 18.3 Å². The van der Waals surface area contributed by atoms with E-state index in [1.807, 2.05) is 17.5 Å². The van der Waals surface area contributed by atoms with Crippen LogP contribution in [0, 0.1) is 0 Å². The van der Waals surface area contributed by atoms with Crippen LogP contribution >= 0.6 is 11.3 Å². The molecule has 0 aliphatic heterocycles. The molecule has 0 aliphatic carbocycles. The van der Waals surface area contributed by atoms with Gasteiger partial charge in [0.2, 0.25) is 5.91 Å². The summed E-state index contributed by atoms with van der Waals surface area (Å²) in [6.07, 6.45) is 1.12. The predicted molar refractivity (Wildman–Crippen MR) is 113 cm³/mol. The van der Waals surface area contributed by atoms with Gasteiger partial charge >= 0.3 is 5.69 Å². The number of rotatable bonds is 8. The molecule has 3 aromatic rings. The Balaban J connectivity index is 1.66. The zero-order valence-corrected chi connectivity index (χ0v) is 17.0. The second-order valence-electron chi connectivity index (χ2n) is 6.29. The first-order valence-corrected chi connectivity index (χ1v) is 9.95. The van der Waals surface area contributed by atoms with Crippen LogP contribution < -0.4 is 26.6 Å². The van der Waals surface area contributed by atoms with Gasteiger partial charge in [-0.1, -0.05) is 6.07 Å². The van der Waals surface area contributed by atoms with Crippen molar-refractivity contribution in [1.82, 2.24) is 14.9 Å². The molecule has 0 fully saturated rings. The molecular weight excluding hydrogens is 408 g/mol. The van der Waals surface area contributed by atoms with E-state index in [-0.39, 0.29) is 18.0 Å². The Kier molecular flexibility index (Phi) is 6.81. The van der Waals surface area contributed by atoms with Crippen molar-refractivity contribution in [2.24, 2.45) is 0 Å². The molecule has 1 aromatic carbocycles. The molecule has 2 amide bonds. The average molecular weight is 428 g/mol. The van der Waals surface area contributed by atoms with Crippen molar-refractivity contribution in [3.05, 3.63) is 79.3 Å². The lowest BCUT2D eigenvalue weighted by atomic mass is 10.2. The molecule has 0 atom stereocenters. The zero-order valence-electron chi connectivity index (χ0n) is 16.1. The van der Waals surface area contributed by atoms with Gasteiger partial charge in [0.15, 0.2) is 0 Å². The number of H-pyrrole nitrogens is 1. The van der Waals surface area contributed by atoms with Crippen LogP contribution in [0.5, 0.6) is 5.75 Å². The number of anilines is 1. The van der Waals surface area contributed by atoms with E-state index in [1.54, 1.807) is 24.3 Å². The summed E-state index contributed by atoms with van der Waals surface area (Å²) in [6, 6.07) is 10.2. The van der Waals surface area contributed by atoms with Crippen LogP contribution in [-0.2, 0) is 11.3 Å². The van der Waals surface area contributed by atoms with Gasteiger partial charge in [0.25, 0.3) is 11.5 Å². The molecule has 0 radical (unpaired) electrons. The lowest BCUT2D eigenvalue weighted by molar-refractivity contribution is -0.119. The fourth-order valence-corrected chi connectivity index (χ4v) is 3.30. The maximum Gasteiger partial charge on any atom is 0.328 e. The van der Waals surface area contributed by atoms with Gasteiger partial charge in [-0.3, -0.25) is 19.0 Å². The summed E-state index contributed by atoms with van der Waals surface area (Å²) in [5.74, 6) is -0.190. The summed E-state index contributed by atoms with van der Waals surface area (Å²) < 4.78 is 6.47. The van der Waals surface area contributed by atoms with E-state index < -0.39 is 17.2 Å². The van der Waals surface area contributed by atoms with Crippen molar-refractivity contribution in [3.8, 4) is 5.75 Å². The second-order valence-corrected chi connectivity index (χ2v) is 7.32. The lowest BCUT2D eigenvalue weighted by Crippen LogP contribution is -2.39. The number of benzene rings is 1. The average Bonchev–Trinajstić information content (AvgIpc) is 3.23. The molecule has 3 N–H and O–H groups in total. The molecule has 2 heterocycles. The fourth-order valence-electron chi connectivity index (χ4n) is 2.60. The van der Waals surface area contributed by atoms with Gasteiger partial charge in [-0.25, -0.2) is 4.79 Å². The number of nitrogens with one attached hydrogen (secondary N) is 3. The molecule has 0 bridgehead atoms. The third kappa shape index (κ3) is 5.45. The second kappa shape index (κ2) is 9.70. The van der Waals surface area contributed by atoms with Gasteiger partial charge in [0.1, 0.15) is 17.9 Å². The van der Waals surface area contributed by atoms with Crippen molar-refractivity contribution in [2.45, 2.75) is 13.5 Å². The highest BCUT2D eigenvalue weighted by molar-refractivity contribution is 7.09. The fraction of sp³-hybridized carbons (Fsp3) is 0.200. The molecule has 156 valence electrons. The van der Waals surface area contributed by atoms with Crippen LogP contribution in [0.3, 0.4) is 0 Å². The first-order valence-electron chi connectivity index (χ1n) is 9.07. The van der Waals surface area contributed by atoms with E-state index in [0.29, 0.717) is 24.6 Å². The third-order valence-corrected chi connectivity index (χ3v) is 4.92. The van der Waals surface area contributed by atoms with Crippen LogP contribution in [0.2, 0.25) is 0 Å². The molecule has 10 heteroatoms. The van der Waals surface area contributed by atoms with Crippen molar-refractivity contribution in [1.29, 1.82) is 0 Å². The maximum atomic E-state index is 12.6. The Morgan fingerprint density at radius 1 is 1.17 bits per heavy atom. The first-order chi connectivity index (χ1) is 14.4. The quantitative estimate of drug-likeness (QED) is 0.468. The highest BCUT2D eigenvalue weighted by Crippen LogP contribution is 2.16. The van der Waals surface area contributed by atoms with E-state index in [9.17, 15) is 19.2 Å². The van der Waals surface area contributed by atoms with Crippen molar-refractivity contribution in [2.75, 3.05) is 18.5 Å². The monoisotopic (exact) mass is 428 g/mol. The number of carbonyl (C=O) groups excluding carboxylic acids is 2. The Morgan fingerprint density at radius 2 is 1.93 bits per heavy atom. The molecule has 0 aliphatic rings. The van der Waals surface area contributed by atoms with Gasteiger partial charge in [-0.15, -0.1) is 11.3 Å². The number of ether oxygens (including phenoxy) is 1. The van der Waals surface area contributed by atoms with Crippen LogP contribution in [0.1, 0.15) is 22.2 Å². The topological polar surface area (TPSA) is 122 Å². The summed E-state index contributed by atoms with van der Waals surface area (Å²) in [5.41, 5.74) is -0.945. The van der Waals surface area contributed by atoms with Crippen LogP contribution in [0.15, 0.2) is 57.6 Å². The number of aromatic amines is 1. The molecular formula is C20H20N4O5S. The van der Waals surface area contributed by atoms with E-state index in [0.717, 1.165) is 15.6 Å². The van der Waals surface area contributed by atoms with E-state index in [2.05, 4.69) is 15.6 Å². The predicted octanol–water partition coefficient (Wildman–Crippen LogP) is 1.41. The van der Waals surface area contributed by atoms with Crippen LogP contribution in [0.25, 0.3) is 0 Å². The Bertz CT molecular complexity index is 1130. The highest BCUT2D eigenvalue weighted by atomic mass is 32.1. The molecule has 2 aromatic heterocycles. The normalized spacial score (nSPS) is 10.4. The standard InChI is InChI=1S/C20H20N4O5S/c1-13(25)21-8-9-29-15-6-4-14(5-7-15)23-18(26)17-11-22-20(28)24(19(17)27)12-16-3-2-10-30-16/h2-7,10-11H,8-9,12H2,1H3,(H,21,25)(H,22,28)(H,23,26). The molecule has 9 nitrogen and oxygen atoms in total. The molecule has 3 rings (SSSR count). The zero-order chi connectivity index (χ0) is 21.5. The number of amides is 2. The van der Waals surface area contributed by atoms with Crippen molar-refractivity contribution in [3.63, 3.8) is 0 Å². The number of nitrogens with zero attached hydrogens (tertiary/aromatic N) is 1. The minimum atomic E-state index is -0.664. The Morgan fingerprint density at radius 3 is 2.60 bits per heavy atom. The number of aromatic nitrogens is 2. The van der Waals surface area contributed by atoms with Crippen molar-refractivity contribution < 1.29 is 14.3 Å². The Labute approximate surface area is 175 Å². The molecule has 0 spiro atoms. The number of hydrogen-bond donors (Lipinski definition) is 3. The third-order valence-electron chi connectivity index (χ3n) is 4.06. The van der Waals surface area contributed by atoms with Gasteiger partial charge < -0.3 is 20.4 Å². The molecule has 30 heavy (non-hydrogen) atoms. The molecule has 0 saturated carbocycles. The first kappa shape index (κ1) is 21.1. The van der Waals surface area contributed by atoms with Gasteiger partial charge in [-0.2, -0.15) is 0 Å².